The Bertz CT molecular complexity index is 678. The van der Waals surface area contributed by atoms with Gasteiger partial charge in [0.15, 0.2) is 0 Å². The summed E-state index contributed by atoms with van der Waals surface area (Å²) in [6, 6.07) is 7.13. The monoisotopic (exact) mass is 355 g/mol. The number of nitrogens with zero attached hydrogens (tertiary/aromatic N) is 1. The summed E-state index contributed by atoms with van der Waals surface area (Å²) in [4.78, 5) is 14.0. The van der Waals surface area contributed by atoms with Gasteiger partial charge in [0, 0.05) is 32.0 Å². The molecule has 1 aliphatic rings. The predicted octanol–water partition coefficient (Wildman–Crippen LogP) is -0.335. The lowest BCUT2D eigenvalue weighted by Crippen LogP contribution is -2.29. The highest BCUT2D eigenvalue weighted by Gasteiger charge is 2.30. The van der Waals surface area contributed by atoms with Crippen molar-refractivity contribution in [2.75, 3.05) is 27.2 Å². The van der Waals surface area contributed by atoms with Crippen LogP contribution >= 0.6 is 0 Å². The molecule has 0 spiro atoms. The van der Waals surface area contributed by atoms with E-state index in [4.69, 9.17) is 0 Å². The molecular formula is C16H25N3O4S. The van der Waals surface area contributed by atoms with E-state index in [2.05, 4.69) is 10.0 Å². The Balaban J connectivity index is 1.86. The molecule has 8 heteroatoms. The molecule has 3 N–H and O–H groups in total. The van der Waals surface area contributed by atoms with E-state index < -0.39 is 16.1 Å². The topological polar surface area (TPSA) is 98.7 Å². The van der Waals surface area contributed by atoms with Crippen molar-refractivity contribution < 1.29 is 18.3 Å². The van der Waals surface area contributed by atoms with E-state index in [1.807, 2.05) is 18.0 Å². The molecule has 2 rings (SSSR count). The second-order valence-corrected chi connectivity index (χ2v) is 8.24. The van der Waals surface area contributed by atoms with Gasteiger partial charge < -0.3 is 15.3 Å². The number of likely N-dealkylation sites (tertiary alicyclic amines) is 1. The molecule has 24 heavy (non-hydrogen) atoms. The molecule has 134 valence electrons. The Morgan fingerprint density at radius 3 is 2.67 bits per heavy atom. The Labute approximate surface area is 143 Å². The van der Waals surface area contributed by atoms with Crippen molar-refractivity contribution in [2.45, 2.75) is 24.8 Å². The van der Waals surface area contributed by atoms with Gasteiger partial charge in [-0.15, -0.1) is 0 Å². The summed E-state index contributed by atoms with van der Waals surface area (Å²) in [6.45, 7) is 1.65. The van der Waals surface area contributed by atoms with Crippen LogP contribution < -0.4 is 10.0 Å². The van der Waals surface area contributed by atoms with Gasteiger partial charge in [-0.1, -0.05) is 24.3 Å². The van der Waals surface area contributed by atoms with Crippen LogP contribution in [0.2, 0.25) is 0 Å². The van der Waals surface area contributed by atoms with Gasteiger partial charge in [-0.05, 0) is 25.2 Å². The third-order valence-electron chi connectivity index (χ3n) is 4.19. The number of aliphatic hydroxyl groups excluding tert-OH is 1. The zero-order valence-electron chi connectivity index (χ0n) is 14.0. The Morgan fingerprint density at radius 2 is 2.04 bits per heavy atom. The van der Waals surface area contributed by atoms with Crippen molar-refractivity contribution >= 4 is 15.9 Å². The molecule has 1 saturated heterocycles. The van der Waals surface area contributed by atoms with Gasteiger partial charge in [-0.25, -0.2) is 13.1 Å². The fourth-order valence-electron chi connectivity index (χ4n) is 2.90. The molecule has 7 nitrogen and oxygen atoms in total. The average molecular weight is 355 g/mol. The fourth-order valence-corrected chi connectivity index (χ4v) is 3.66. The summed E-state index contributed by atoms with van der Waals surface area (Å²) in [7, 11) is -0.0118. The molecule has 1 heterocycles. The van der Waals surface area contributed by atoms with Crippen LogP contribution in [0.1, 0.15) is 17.5 Å². The van der Waals surface area contributed by atoms with Crippen molar-refractivity contribution in [2.24, 2.45) is 5.92 Å². The number of carbonyl (C=O) groups excluding carboxylic acids is 1. The van der Waals surface area contributed by atoms with E-state index in [1.165, 1.54) is 7.05 Å². The van der Waals surface area contributed by atoms with E-state index >= 15 is 0 Å². The number of hydrogen-bond acceptors (Lipinski definition) is 5. The molecular weight excluding hydrogens is 330 g/mol. The Hall–Kier alpha value is -1.48. The lowest BCUT2D eigenvalue weighted by Gasteiger charge is -2.13. The molecule has 2 atom stereocenters. The zero-order valence-corrected chi connectivity index (χ0v) is 14.8. The zero-order chi connectivity index (χ0) is 17.7. The van der Waals surface area contributed by atoms with E-state index in [0.29, 0.717) is 31.6 Å². The summed E-state index contributed by atoms with van der Waals surface area (Å²) < 4.78 is 25.5. The first kappa shape index (κ1) is 18.9. The number of β-amino-alcohol motifs (C(OH)–C–C–N with tert-alkyl or cyclic N) is 1. The number of amides is 1. The normalized spacial score (nSPS) is 21.8. The number of rotatable bonds is 7. The number of nitrogens with one attached hydrogen (secondary N) is 2. The smallest absolute Gasteiger partial charge is 0.220 e. The van der Waals surface area contributed by atoms with Crippen LogP contribution in [0.3, 0.4) is 0 Å². The van der Waals surface area contributed by atoms with Gasteiger partial charge in [0.1, 0.15) is 0 Å². The minimum absolute atomic E-state index is 0.0397. The third kappa shape index (κ3) is 5.55. The van der Waals surface area contributed by atoms with Crippen LogP contribution in [0, 0.1) is 5.92 Å². The van der Waals surface area contributed by atoms with E-state index in [9.17, 15) is 18.3 Å². The van der Waals surface area contributed by atoms with E-state index in [0.717, 1.165) is 5.56 Å². The van der Waals surface area contributed by atoms with Gasteiger partial charge in [0.25, 0.3) is 0 Å². The molecule has 1 aromatic rings. The first-order chi connectivity index (χ1) is 11.3. The maximum atomic E-state index is 12.0. The number of aliphatic hydroxyl groups is 1. The minimum atomic E-state index is -3.32. The van der Waals surface area contributed by atoms with Gasteiger partial charge in [0.2, 0.25) is 15.9 Å². The number of likely N-dealkylation sites (N-methyl/N-ethyl adjacent to an activating group) is 1. The van der Waals surface area contributed by atoms with E-state index in [-0.39, 0.29) is 17.6 Å². The van der Waals surface area contributed by atoms with Crippen LogP contribution in [-0.2, 0) is 27.1 Å². The first-order valence-corrected chi connectivity index (χ1v) is 9.56. The Kier molecular flexibility index (Phi) is 6.34. The van der Waals surface area contributed by atoms with Gasteiger partial charge in [-0.3, -0.25) is 4.79 Å². The standard InChI is InChI=1S/C16H25N3O4S/c1-17-24(22,23)11-13-5-3-4-12(6-13)8-18-16(21)7-14-9-19(2)10-15(14)20/h3-6,14-15,17,20H,7-11H2,1-2H3,(H,18,21)/t14-,15-/m1/s1. The van der Waals surface area contributed by atoms with E-state index in [1.54, 1.807) is 18.2 Å². The molecule has 0 unspecified atom stereocenters. The van der Waals surface area contributed by atoms with Gasteiger partial charge in [-0.2, -0.15) is 0 Å². The van der Waals surface area contributed by atoms with Crippen LogP contribution in [0.5, 0.6) is 0 Å². The van der Waals surface area contributed by atoms with Crippen LogP contribution in [0.15, 0.2) is 24.3 Å². The van der Waals surface area contributed by atoms with Crippen LogP contribution in [0.25, 0.3) is 0 Å². The molecule has 1 aliphatic heterocycles. The summed E-state index contributed by atoms with van der Waals surface area (Å²) >= 11 is 0. The fraction of sp³-hybridized carbons (Fsp3) is 0.562. The SMILES string of the molecule is CNS(=O)(=O)Cc1cccc(CNC(=O)C[C@@H]2CN(C)C[C@H]2O)c1. The molecule has 0 bridgehead atoms. The van der Waals surface area contributed by atoms with Crippen molar-refractivity contribution in [3.8, 4) is 0 Å². The summed E-state index contributed by atoms with van der Waals surface area (Å²) in [5.41, 5.74) is 1.51. The van der Waals surface area contributed by atoms with Crippen molar-refractivity contribution in [1.29, 1.82) is 0 Å². The Morgan fingerprint density at radius 1 is 1.33 bits per heavy atom. The summed E-state index contributed by atoms with van der Waals surface area (Å²) in [6.07, 6.45) is -0.171. The second kappa shape index (κ2) is 8.06. The number of sulfonamides is 1. The lowest BCUT2D eigenvalue weighted by atomic mass is 10.0. The largest absolute Gasteiger partial charge is 0.391 e. The van der Waals surface area contributed by atoms with Crippen LogP contribution in [0.4, 0.5) is 0 Å². The van der Waals surface area contributed by atoms with Crippen molar-refractivity contribution in [3.05, 3.63) is 35.4 Å². The number of hydrogen-bond donors (Lipinski definition) is 3. The first-order valence-electron chi connectivity index (χ1n) is 7.91. The maximum Gasteiger partial charge on any atom is 0.220 e. The third-order valence-corrected chi connectivity index (χ3v) is 5.52. The molecule has 0 radical (unpaired) electrons. The molecule has 0 aliphatic carbocycles. The highest BCUT2D eigenvalue weighted by Crippen LogP contribution is 2.18. The van der Waals surface area contributed by atoms with Crippen molar-refractivity contribution in [3.63, 3.8) is 0 Å². The minimum Gasteiger partial charge on any atom is -0.391 e. The quantitative estimate of drug-likeness (QED) is 0.622. The highest BCUT2D eigenvalue weighted by molar-refractivity contribution is 7.88. The second-order valence-electron chi connectivity index (χ2n) is 6.31. The summed E-state index contributed by atoms with van der Waals surface area (Å²) in [5, 5.41) is 12.7. The molecule has 1 amide bonds. The molecule has 1 aromatic carbocycles. The highest BCUT2D eigenvalue weighted by atomic mass is 32.2. The van der Waals surface area contributed by atoms with Crippen LogP contribution in [-0.4, -0.2) is 57.6 Å². The average Bonchev–Trinajstić information content (AvgIpc) is 2.83. The molecule has 0 aromatic heterocycles. The number of carbonyl (C=O) groups is 1. The van der Waals surface area contributed by atoms with Crippen molar-refractivity contribution in [1.82, 2.24) is 14.9 Å². The number of benzene rings is 1. The summed E-state index contributed by atoms with van der Waals surface area (Å²) in [5.74, 6) is -0.240. The maximum absolute atomic E-state index is 12.0. The molecule has 1 fully saturated rings. The van der Waals surface area contributed by atoms with Gasteiger partial charge >= 0.3 is 0 Å². The molecule has 0 saturated carbocycles. The lowest BCUT2D eigenvalue weighted by molar-refractivity contribution is -0.122. The van der Waals surface area contributed by atoms with Gasteiger partial charge in [0.05, 0.1) is 11.9 Å². The predicted molar refractivity (Wildman–Crippen MR) is 91.6 cm³/mol.